The normalized spacial score (nSPS) is 20.5. The van der Waals surface area contributed by atoms with E-state index in [0.29, 0.717) is 6.04 Å². The number of hydrogen-bond acceptors (Lipinski definition) is 4. The van der Waals surface area contributed by atoms with Crippen LogP contribution in [0, 0.1) is 6.92 Å². The van der Waals surface area contributed by atoms with Crippen molar-refractivity contribution in [3.05, 3.63) is 18.1 Å². The molecule has 4 heteroatoms. The minimum atomic E-state index is 0.695. The van der Waals surface area contributed by atoms with Gasteiger partial charge in [0.1, 0.15) is 12.1 Å². The van der Waals surface area contributed by atoms with Crippen LogP contribution in [0.4, 0.5) is 5.82 Å². The predicted octanol–water partition coefficient (Wildman–Crippen LogP) is 1.34. The molecule has 0 aliphatic carbocycles. The van der Waals surface area contributed by atoms with E-state index in [-0.39, 0.29) is 0 Å². The van der Waals surface area contributed by atoms with Gasteiger partial charge in [-0.2, -0.15) is 0 Å². The van der Waals surface area contributed by atoms with Crippen LogP contribution in [-0.2, 0) is 0 Å². The van der Waals surface area contributed by atoms with Crippen LogP contribution in [0.2, 0.25) is 0 Å². The maximum atomic E-state index is 4.16. The van der Waals surface area contributed by atoms with Gasteiger partial charge in [-0.15, -0.1) is 0 Å². The summed E-state index contributed by atoms with van der Waals surface area (Å²) >= 11 is 0. The van der Waals surface area contributed by atoms with Gasteiger partial charge in [0.25, 0.3) is 0 Å². The second-order valence-electron chi connectivity index (χ2n) is 4.05. The highest BCUT2D eigenvalue weighted by Crippen LogP contribution is 2.09. The summed E-state index contributed by atoms with van der Waals surface area (Å²) < 4.78 is 0. The van der Waals surface area contributed by atoms with Crippen LogP contribution in [0.3, 0.4) is 0 Å². The number of aryl methyl sites for hydroxylation is 1. The first-order valence-corrected chi connectivity index (χ1v) is 5.60. The van der Waals surface area contributed by atoms with Gasteiger partial charge in [-0.1, -0.05) is 0 Å². The molecule has 1 aromatic heterocycles. The second kappa shape index (κ2) is 5.07. The first-order chi connectivity index (χ1) is 7.34. The Hall–Kier alpha value is -1.16. The van der Waals surface area contributed by atoms with Crippen molar-refractivity contribution in [1.29, 1.82) is 0 Å². The zero-order valence-electron chi connectivity index (χ0n) is 9.16. The number of nitrogens with zero attached hydrogens (tertiary/aromatic N) is 2. The standard InChI is InChI=1S/C11H18N4/c1-9-7-11(15-8-14-9)13-6-4-10-3-2-5-12-10/h7-8,10,12H,2-6H2,1H3,(H,13,14,15). The molecule has 0 saturated carbocycles. The van der Waals surface area contributed by atoms with Crippen molar-refractivity contribution in [2.75, 3.05) is 18.4 Å². The molecule has 2 heterocycles. The van der Waals surface area contributed by atoms with E-state index >= 15 is 0 Å². The molecule has 1 atom stereocenters. The van der Waals surface area contributed by atoms with Crippen LogP contribution in [-0.4, -0.2) is 29.1 Å². The molecule has 15 heavy (non-hydrogen) atoms. The lowest BCUT2D eigenvalue weighted by molar-refractivity contribution is 0.574. The summed E-state index contributed by atoms with van der Waals surface area (Å²) in [5.74, 6) is 0.931. The van der Waals surface area contributed by atoms with E-state index in [1.54, 1.807) is 6.33 Å². The number of aromatic nitrogens is 2. The van der Waals surface area contributed by atoms with E-state index in [1.165, 1.54) is 25.8 Å². The van der Waals surface area contributed by atoms with Gasteiger partial charge in [-0.05, 0) is 32.7 Å². The van der Waals surface area contributed by atoms with Crippen LogP contribution in [0.15, 0.2) is 12.4 Å². The number of hydrogen-bond donors (Lipinski definition) is 2. The van der Waals surface area contributed by atoms with Crippen molar-refractivity contribution in [3.63, 3.8) is 0 Å². The topological polar surface area (TPSA) is 49.8 Å². The molecule has 4 nitrogen and oxygen atoms in total. The largest absolute Gasteiger partial charge is 0.370 e. The average molecular weight is 206 g/mol. The molecule has 2 rings (SSSR count). The van der Waals surface area contributed by atoms with Crippen LogP contribution in [0.5, 0.6) is 0 Å². The van der Waals surface area contributed by atoms with Gasteiger partial charge in [0.2, 0.25) is 0 Å². The number of rotatable bonds is 4. The number of nitrogens with one attached hydrogen (secondary N) is 2. The fourth-order valence-corrected chi connectivity index (χ4v) is 1.93. The Kier molecular flexibility index (Phi) is 3.50. The first-order valence-electron chi connectivity index (χ1n) is 5.60. The molecule has 1 aliphatic heterocycles. The molecule has 1 fully saturated rings. The minimum Gasteiger partial charge on any atom is -0.370 e. The lowest BCUT2D eigenvalue weighted by Crippen LogP contribution is -2.24. The summed E-state index contributed by atoms with van der Waals surface area (Å²) in [6, 6.07) is 2.67. The summed E-state index contributed by atoms with van der Waals surface area (Å²) in [6.45, 7) is 4.14. The quantitative estimate of drug-likeness (QED) is 0.780. The molecule has 1 saturated heterocycles. The molecule has 0 spiro atoms. The van der Waals surface area contributed by atoms with Crippen molar-refractivity contribution in [3.8, 4) is 0 Å². The van der Waals surface area contributed by atoms with Gasteiger partial charge >= 0.3 is 0 Å². The van der Waals surface area contributed by atoms with Gasteiger partial charge in [0.15, 0.2) is 0 Å². The fourth-order valence-electron chi connectivity index (χ4n) is 1.93. The van der Waals surface area contributed by atoms with Gasteiger partial charge in [0.05, 0.1) is 0 Å². The van der Waals surface area contributed by atoms with Crippen LogP contribution in [0.25, 0.3) is 0 Å². The Bertz CT molecular complexity index is 307. The van der Waals surface area contributed by atoms with Crippen molar-refractivity contribution >= 4 is 5.82 Å². The smallest absolute Gasteiger partial charge is 0.129 e. The van der Waals surface area contributed by atoms with Crippen LogP contribution in [0.1, 0.15) is 25.0 Å². The average Bonchev–Trinajstić information content (AvgIpc) is 2.71. The second-order valence-corrected chi connectivity index (χ2v) is 4.05. The fraction of sp³-hybridized carbons (Fsp3) is 0.636. The Labute approximate surface area is 90.5 Å². The Morgan fingerprint density at radius 2 is 2.47 bits per heavy atom. The van der Waals surface area contributed by atoms with Crippen molar-refractivity contribution < 1.29 is 0 Å². The zero-order chi connectivity index (χ0) is 10.5. The molecule has 0 radical (unpaired) electrons. The van der Waals surface area contributed by atoms with E-state index in [0.717, 1.165) is 18.1 Å². The minimum absolute atomic E-state index is 0.695. The highest BCUT2D eigenvalue weighted by molar-refractivity contribution is 5.34. The third kappa shape index (κ3) is 3.16. The Balaban J connectivity index is 1.73. The summed E-state index contributed by atoms with van der Waals surface area (Å²) in [7, 11) is 0. The van der Waals surface area contributed by atoms with Crippen molar-refractivity contribution in [2.24, 2.45) is 0 Å². The zero-order valence-corrected chi connectivity index (χ0v) is 9.16. The molecule has 0 amide bonds. The third-order valence-electron chi connectivity index (χ3n) is 2.77. The monoisotopic (exact) mass is 206 g/mol. The first kappa shape index (κ1) is 10.4. The predicted molar refractivity (Wildman–Crippen MR) is 60.9 cm³/mol. The van der Waals surface area contributed by atoms with Crippen molar-refractivity contribution in [2.45, 2.75) is 32.2 Å². The molecule has 82 valence electrons. The van der Waals surface area contributed by atoms with Crippen LogP contribution < -0.4 is 10.6 Å². The van der Waals surface area contributed by atoms with E-state index in [2.05, 4.69) is 20.6 Å². The Morgan fingerprint density at radius 1 is 1.53 bits per heavy atom. The number of anilines is 1. The maximum Gasteiger partial charge on any atom is 0.129 e. The highest BCUT2D eigenvalue weighted by atomic mass is 15.0. The molecule has 1 unspecified atom stereocenters. The molecular formula is C11H18N4. The summed E-state index contributed by atoms with van der Waals surface area (Å²) in [4.78, 5) is 8.22. The summed E-state index contributed by atoms with van der Waals surface area (Å²) in [6.07, 6.45) is 5.40. The van der Waals surface area contributed by atoms with E-state index in [1.807, 2.05) is 13.0 Å². The highest BCUT2D eigenvalue weighted by Gasteiger charge is 2.12. The molecular weight excluding hydrogens is 188 g/mol. The Morgan fingerprint density at radius 3 is 3.20 bits per heavy atom. The van der Waals surface area contributed by atoms with Crippen molar-refractivity contribution in [1.82, 2.24) is 15.3 Å². The molecule has 0 aromatic carbocycles. The lowest BCUT2D eigenvalue weighted by atomic mass is 10.1. The van der Waals surface area contributed by atoms with E-state index < -0.39 is 0 Å². The van der Waals surface area contributed by atoms with Gasteiger partial charge in [-0.25, -0.2) is 9.97 Å². The maximum absolute atomic E-state index is 4.16. The van der Waals surface area contributed by atoms with Gasteiger partial charge in [0, 0.05) is 24.3 Å². The summed E-state index contributed by atoms with van der Waals surface area (Å²) in [5.41, 5.74) is 1.01. The summed E-state index contributed by atoms with van der Waals surface area (Å²) in [5, 5.41) is 6.80. The molecule has 2 N–H and O–H groups in total. The van der Waals surface area contributed by atoms with Gasteiger partial charge < -0.3 is 10.6 Å². The SMILES string of the molecule is Cc1cc(NCCC2CCCN2)ncn1. The molecule has 0 bridgehead atoms. The molecule has 1 aliphatic rings. The van der Waals surface area contributed by atoms with E-state index in [9.17, 15) is 0 Å². The van der Waals surface area contributed by atoms with Gasteiger partial charge in [-0.3, -0.25) is 0 Å². The van der Waals surface area contributed by atoms with E-state index in [4.69, 9.17) is 0 Å². The van der Waals surface area contributed by atoms with Crippen LogP contribution >= 0.6 is 0 Å². The lowest BCUT2D eigenvalue weighted by Gasteiger charge is -2.10. The third-order valence-corrected chi connectivity index (χ3v) is 2.77. The molecule has 1 aromatic rings.